The van der Waals surface area contributed by atoms with Crippen LogP contribution in [0.3, 0.4) is 0 Å². The summed E-state index contributed by atoms with van der Waals surface area (Å²) in [5.74, 6) is 5.46. The fourth-order valence-electron chi connectivity index (χ4n) is 3.97. The van der Waals surface area contributed by atoms with E-state index in [1.807, 2.05) is 43.3 Å². The highest BCUT2D eigenvalue weighted by molar-refractivity contribution is 5.83. The van der Waals surface area contributed by atoms with Crippen molar-refractivity contribution in [2.24, 2.45) is 0 Å². The van der Waals surface area contributed by atoms with E-state index in [1.54, 1.807) is 17.1 Å². The van der Waals surface area contributed by atoms with Crippen molar-refractivity contribution in [1.29, 1.82) is 0 Å². The van der Waals surface area contributed by atoms with Gasteiger partial charge in [0.1, 0.15) is 0 Å². The second-order valence-electron chi connectivity index (χ2n) is 9.28. The summed E-state index contributed by atoms with van der Waals surface area (Å²) in [5.41, 5.74) is 3.95. The molecule has 2 amide bonds. The van der Waals surface area contributed by atoms with E-state index in [-0.39, 0.29) is 11.4 Å². The van der Waals surface area contributed by atoms with E-state index in [4.69, 9.17) is 0 Å². The molecule has 1 saturated carbocycles. The average Bonchev–Trinajstić information content (AvgIpc) is 3.70. The van der Waals surface area contributed by atoms with E-state index in [2.05, 4.69) is 54.1 Å². The van der Waals surface area contributed by atoms with E-state index in [9.17, 15) is 14.0 Å². The van der Waals surface area contributed by atoms with E-state index < -0.39 is 0 Å². The molecule has 0 heterocycles. The molecule has 5 heteroatoms. The zero-order valence-electron chi connectivity index (χ0n) is 21.9. The summed E-state index contributed by atoms with van der Waals surface area (Å²) in [4.78, 5) is 23.3. The number of benzene rings is 3. The summed E-state index contributed by atoms with van der Waals surface area (Å²) < 4.78 is 12.5. The minimum atomic E-state index is -0.276. The lowest BCUT2D eigenvalue weighted by atomic mass is 10.0. The average molecular weight is 509 g/mol. The molecule has 1 aliphatic rings. The molecule has 0 saturated heterocycles. The molecular formula is C33H33FN2O2. The first-order chi connectivity index (χ1) is 18.4. The second-order valence-corrected chi connectivity index (χ2v) is 9.28. The smallest absolute Gasteiger partial charge is 0.210 e. The first-order valence-corrected chi connectivity index (χ1v) is 12.5. The number of fused-ring (bicyclic) bond motifs is 1. The highest BCUT2D eigenvalue weighted by Crippen LogP contribution is 2.45. The predicted molar refractivity (Wildman–Crippen MR) is 153 cm³/mol. The van der Waals surface area contributed by atoms with Crippen molar-refractivity contribution in [2.75, 3.05) is 6.54 Å². The fraction of sp³-hybridized carbons (Fsp3) is 0.212. The molecular weight excluding hydrogens is 475 g/mol. The van der Waals surface area contributed by atoms with Gasteiger partial charge in [-0.15, -0.1) is 0 Å². The Morgan fingerprint density at radius 2 is 1.79 bits per heavy atom. The van der Waals surface area contributed by atoms with E-state index in [0.717, 1.165) is 36.8 Å². The van der Waals surface area contributed by atoms with E-state index in [1.165, 1.54) is 29.3 Å². The first-order valence-electron chi connectivity index (χ1n) is 12.5. The van der Waals surface area contributed by atoms with Crippen LogP contribution >= 0.6 is 0 Å². The van der Waals surface area contributed by atoms with Crippen LogP contribution in [0.25, 0.3) is 10.8 Å². The molecule has 0 aliphatic heterocycles. The molecule has 0 aromatic heterocycles. The molecule has 1 aliphatic carbocycles. The Bertz CT molecular complexity index is 1400. The number of amides is 2. The number of halogens is 1. The van der Waals surface area contributed by atoms with Crippen molar-refractivity contribution in [3.05, 3.63) is 120 Å². The molecule has 4 nitrogen and oxygen atoms in total. The Labute approximate surface area is 224 Å². The highest BCUT2D eigenvalue weighted by Gasteiger charge is 2.43. The molecule has 0 unspecified atom stereocenters. The second kappa shape index (κ2) is 13.8. The third kappa shape index (κ3) is 8.31. The Morgan fingerprint density at radius 3 is 2.45 bits per heavy atom. The predicted octanol–water partition coefficient (Wildman–Crippen LogP) is 6.52. The van der Waals surface area contributed by atoms with Gasteiger partial charge in [0.25, 0.3) is 0 Å². The van der Waals surface area contributed by atoms with Gasteiger partial charge in [-0.1, -0.05) is 85.2 Å². The van der Waals surface area contributed by atoms with Crippen LogP contribution in [-0.2, 0) is 21.7 Å². The SMILES string of the molecule is C=C(C#CCN(C=O)Cc1ccccc1C)/C=C\C=C(/C)F.O=CNC1(c2ccc3ccccc3c2)CC1. The Balaban J connectivity index is 0.000000219. The van der Waals surface area contributed by atoms with Gasteiger partial charge in [0.15, 0.2) is 0 Å². The van der Waals surface area contributed by atoms with Gasteiger partial charge in [-0.25, -0.2) is 4.39 Å². The lowest BCUT2D eigenvalue weighted by Crippen LogP contribution is -2.27. The number of rotatable bonds is 9. The van der Waals surface area contributed by atoms with Gasteiger partial charge in [-0.3, -0.25) is 9.59 Å². The number of aryl methyl sites for hydroxylation is 1. The van der Waals surface area contributed by atoms with Gasteiger partial charge in [0.2, 0.25) is 12.8 Å². The van der Waals surface area contributed by atoms with Gasteiger partial charge in [0.05, 0.1) is 17.9 Å². The number of hydrogen-bond donors (Lipinski definition) is 1. The number of nitrogens with zero attached hydrogens (tertiary/aromatic N) is 1. The van der Waals surface area contributed by atoms with E-state index in [0.29, 0.717) is 18.7 Å². The minimum absolute atomic E-state index is 0.0776. The van der Waals surface area contributed by atoms with Crippen molar-refractivity contribution >= 4 is 23.6 Å². The molecule has 194 valence electrons. The third-order valence-electron chi connectivity index (χ3n) is 6.33. The van der Waals surface area contributed by atoms with Gasteiger partial charge >= 0.3 is 0 Å². The number of hydrogen-bond acceptors (Lipinski definition) is 2. The molecule has 1 fully saturated rings. The van der Waals surface area contributed by atoms with Crippen molar-refractivity contribution < 1.29 is 14.0 Å². The zero-order valence-corrected chi connectivity index (χ0v) is 21.9. The molecule has 3 aromatic carbocycles. The Hall–Kier alpha value is -4.43. The molecule has 38 heavy (non-hydrogen) atoms. The van der Waals surface area contributed by atoms with Crippen LogP contribution < -0.4 is 5.32 Å². The Morgan fingerprint density at radius 1 is 1.08 bits per heavy atom. The van der Waals surface area contributed by atoms with Crippen LogP contribution in [0.15, 0.2) is 103 Å². The maximum atomic E-state index is 12.5. The highest BCUT2D eigenvalue weighted by atomic mass is 19.1. The van der Waals surface area contributed by atoms with Crippen LogP contribution in [0.5, 0.6) is 0 Å². The summed E-state index contributed by atoms with van der Waals surface area (Å²) in [6.07, 6.45) is 8.20. The molecule has 0 radical (unpaired) electrons. The molecule has 0 atom stereocenters. The molecule has 0 bridgehead atoms. The summed E-state index contributed by atoms with van der Waals surface area (Å²) in [6, 6.07) is 22.6. The van der Waals surface area contributed by atoms with Gasteiger partial charge in [-0.2, -0.15) is 0 Å². The summed E-state index contributed by atoms with van der Waals surface area (Å²) in [5, 5.41) is 5.41. The van der Waals surface area contributed by atoms with Crippen LogP contribution in [0.4, 0.5) is 4.39 Å². The van der Waals surface area contributed by atoms with Crippen molar-refractivity contribution in [3.63, 3.8) is 0 Å². The lowest BCUT2D eigenvalue weighted by Gasteiger charge is -2.15. The van der Waals surface area contributed by atoms with Gasteiger partial charge in [0, 0.05) is 12.1 Å². The van der Waals surface area contributed by atoms with Gasteiger partial charge < -0.3 is 10.2 Å². The van der Waals surface area contributed by atoms with Crippen molar-refractivity contribution in [2.45, 2.75) is 38.8 Å². The molecule has 0 spiro atoms. The number of nitrogens with one attached hydrogen (secondary N) is 1. The minimum Gasteiger partial charge on any atom is -0.349 e. The normalized spacial score (nSPS) is 13.5. The maximum absolute atomic E-state index is 12.5. The van der Waals surface area contributed by atoms with Crippen LogP contribution in [-0.4, -0.2) is 24.3 Å². The molecule has 3 aromatic rings. The van der Waals surface area contributed by atoms with Crippen LogP contribution in [0.2, 0.25) is 0 Å². The fourth-order valence-corrected chi connectivity index (χ4v) is 3.97. The topological polar surface area (TPSA) is 49.4 Å². The van der Waals surface area contributed by atoms with Crippen molar-refractivity contribution in [3.8, 4) is 11.8 Å². The summed E-state index contributed by atoms with van der Waals surface area (Å²) in [6.45, 7) is 7.98. The maximum Gasteiger partial charge on any atom is 0.210 e. The van der Waals surface area contributed by atoms with Crippen molar-refractivity contribution in [1.82, 2.24) is 10.2 Å². The lowest BCUT2D eigenvalue weighted by molar-refractivity contribution is -0.118. The standard InChI is InChI=1S/C19H20FNO.C14H13NO/c1-16(8-6-11-18(3)20)9-7-13-21(15-22)14-19-12-5-4-10-17(19)2;16-10-15-14(7-8-14)13-6-5-11-3-1-2-4-12(11)9-13/h4-6,8,10-12,15H,1,13-14H2,2-3H3;1-6,9-10H,7-8H2,(H,15,16)/b8-6-,18-11+;. The molecule has 4 rings (SSSR count). The van der Waals surface area contributed by atoms with Gasteiger partial charge in [-0.05, 0) is 72.4 Å². The van der Waals surface area contributed by atoms with Crippen LogP contribution in [0, 0.1) is 18.8 Å². The number of carbonyl (C=O) groups excluding carboxylic acids is 2. The first kappa shape index (κ1) is 28.1. The Kier molecular flexibility index (Phi) is 10.2. The summed E-state index contributed by atoms with van der Waals surface area (Å²) >= 11 is 0. The summed E-state index contributed by atoms with van der Waals surface area (Å²) in [7, 11) is 0. The zero-order chi connectivity index (χ0) is 27.4. The quantitative estimate of drug-likeness (QED) is 0.203. The third-order valence-corrected chi connectivity index (χ3v) is 6.33. The van der Waals surface area contributed by atoms with E-state index >= 15 is 0 Å². The monoisotopic (exact) mass is 508 g/mol. The number of carbonyl (C=O) groups is 2. The molecule has 1 N–H and O–H groups in total. The van der Waals surface area contributed by atoms with Crippen LogP contribution in [0.1, 0.15) is 36.5 Å². The largest absolute Gasteiger partial charge is 0.349 e. The number of allylic oxidation sites excluding steroid dienone is 5.